The van der Waals surface area contributed by atoms with E-state index < -0.39 is 0 Å². The van der Waals surface area contributed by atoms with E-state index in [1.54, 1.807) is 17.5 Å². The number of aromatic nitrogens is 1. The first-order valence-corrected chi connectivity index (χ1v) is 6.17. The van der Waals surface area contributed by atoms with Crippen molar-refractivity contribution in [3.63, 3.8) is 0 Å². The fraction of sp³-hybridized carbons (Fsp3) is 0.231. The molecule has 3 heteroatoms. The number of carbonyl (C=O) groups excluding carboxylic acids is 1. The molecule has 0 unspecified atom stereocenters. The summed E-state index contributed by atoms with van der Waals surface area (Å²) < 4.78 is 0. The van der Waals surface area contributed by atoms with Crippen molar-refractivity contribution in [2.45, 2.75) is 20.8 Å². The molecule has 1 heterocycles. The number of thiazole rings is 1. The molecule has 0 spiro atoms. The van der Waals surface area contributed by atoms with Crippen molar-refractivity contribution >= 4 is 17.1 Å². The molecule has 0 fully saturated rings. The largest absolute Gasteiger partial charge is 0.287 e. The average Bonchev–Trinajstić information content (AvgIpc) is 2.79. The number of hydrogen-bond acceptors (Lipinski definition) is 3. The van der Waals surface area contributed by atoms with Gasteiger partial charge in [0.2, 0.25) is 5.78 Å². The predicted molar refractivity (Wildman–Crippen MR) is 68.1 cm³/mol. The van der Waals surface area contributed by atoms with Crippen LogP contribution in [0.3, 0.4) is 0 Å². The number of carbonyl (C=O) groups is 1. The Morgan fingerprint density at radius 3 is 2.31 bits per heavy atom. The van der Waals surface area contributed by atoms with Crippen LogP contribution in [0, 0.1) is 6.92 Å². The molecule has 0 amide bonds. The monoisotopic (exact) mass is 233 g/mol. The third-order valence-electron chi connectivity index (χ3n) is 1.89. The van der Waals surface area contributed by atoms with E-state index in [1.807, 2.05) is 39.0 Å². The summed E-state index contributed by atoms with van der Waals surface area (Å²) in [6, 6.07) is 9.20. The van der Waals surface area contributed by atoms with Crippen LogP contribution in [0.2, 0.25) is 0 Å². The fourth-order valence-electron chi connectivity index (χ4n) is 1.21. The van der Waals surface area contributed by atoms with Gasteiger partial charge in [0.1, 0.15) is 5.69 Å². The molecule has 0 saturated heterocycles. The van der Waals surface area contributed by atoms with Crippen LogP contribution in [0.25, 0.3) is 0 Å². The lowest BCUT2D eigenvalue weighted by molar-refractivity contribution is 0.103. The zero-order valence-electron chi connectivity index (χ0n) is 9.73. The molecule has 0 atom stereocenters. The molecule has 1 aromatic carbocycles. The second-order valence-corrected chi connectivity index (χ2v) is 4.01. The standard InChI is InChI=1S/C11H9NOS.C2H6/c1-8-12-10(7-14-8)11(13)9-5-3-2-4-6-9;1-2/h2-7H,1H3;1-2H3. The lowest BCUT2D eigenvalue weighted by atomic mass is 10.1. The molecule has 2 aromatic rings. The van der Waals surface area contributed by atoms with E-state index in [-0.39, 0.29) is 5.78 Å². The van der Waals surface area contributed by atoms with Gasteiger partial charge in [0.15, 0.2) is 0 Å². The van der Waals surface area contributed by atoms with Crippen LogP contribution in [-0.2, 0) is 0 Å². The molecule has 0 saturated carbocycles. The first kappa shape index (κ1) is 12.6. The van der Waals surface area contributed by atoms with Gasteiger partial charge in [-0.15, -0.1) is 11.3 Å². The van der Waals surface area contributed by atoms with Gasteiger partial charge in [0.25, 0.3) is 0 Å². The lowest BCUT2D eigenvalue weighted by Crippen LogP contribution is -2.00. The fourth-order valence-corrected chi connectivity index (χ4v) is 1.80. The van der Waals surface area contributed by atoms with E-state index in [0.717, 1.165) is 5.01 Å². The van der Waals surface area contributed by atoms with Gasteiger partial charge in [0, 0.05) is 10.9 Å². The minimum Gasteiger partial charge on any atom is -0.287 e. The van der Waals surface area contributed by atoms with Gasteiger partial charge in [-0.05, 0) is 6.92 Å². The third kappa shape index (κ3) is 3.00. The highest BCUT2D eigenvalue weighted by molar-refractivity contribution is 7.09. The topological polar surface area (TPSA) is 30.0 Å². The van der Waals surface area contributed by atoms with Crippen molar-refractivity contribution in [1.29, 1.82) is 0 Å². The van der Waals surface area contributed by atoms with Gasteiger partial charge >= 0.3 is 0 Å². The van der Waals surface area contributed by atoms with Crippen LogP contribution in [0.15, 0.2) is 35.7 Å². The summed E-state index contributed by atoms with van der Waals surface area (Å²) in [5.41, 5.74) is 1.23. The highest BCUT2D eigenvalue weighted by Crippen LogP contribution is 2.12. The summed E-state index contributed by atoms with van der Waals surface area (Å²) in [6.07, 6.45) is 0. The van der Waals surface area contributed by atoms with Gasteiger partial charge < -0.3 is 0 Å². The number of benzene rings is 1. The average molecular weight is 233 g/mol. The Hall–Kier alpha value is -1.48. The molecule has 84 valence electrons. The van der Waals surface area contributed by atoms with Crippen molar-refractivity contribution in [1.82, 2.24) is 4.98 Å². The van der Waals surface area contributed by atoms with Crippen molar-refractivity contribution in [2.24, 2.45) is 0 Å². The quantitative estimate of drug-likeness (QED) is 0.740. The van der Waals surface area contributed by atoms with Crippen molar-refractivity contribution < 1.29 is 4.79 Å². The summed E-state index contributed by atoms with van der Waals surface area (Å²) in [5, 5.41) is 2.72. The SMILES string of the molecule is CC.Cc1nc(C(=O)c2ccccc2)cs1. The lowest BCUT2D eigenvalue weighted by Gasteiger charge is -1.95. The van der Waals surface area contributed by atoms with E-state index in [1.165, 1.54) is 11.3 Å². The Balaban J connectivity index is 0.000000606. The van der Waals surface area contributed by atoms with E-state index in [0.29, 0.717) is 11.3 Å². The molecule has 0 N–H and O–H groups in total. The summed E-state index contributed by atoms with van der Waals surface area (Å²) >= 11 is 1.50. The van der Waals surface area contributed by atoms with E-state index in [9.17, 15) is 4.79 Å². The first-order chi connectivity index (χ1) is 7.77. The van der Waals surface area contributed by atoms with Crippen LogP contribution >= 0.6 is 11.3 Å². The minimum atomic E-state index is -0.00468. The second kappa shape index (κ2) is 6.18. The van der Waals surface area contributed by atoms with E-state index in [4.69, 9.17) is 0 Å². The molecule has 0 aliphatic carbocycles. The Labute approximate surface area is 100.0 Å². The van der Waals surface area contributed by atoms with Gasteiger partial charge in [-0.3, -0.25) is 4.79 Å². The second-order valence-electron chi connectivity index (χ2n) is 2.95. The van der Waals surface area contributed by atoms with Crippen LogP contribution in [-0.4, -0.2) is 10.8 Å². The third-order valence-corrected chi connectivity index (χ3v) is 2.66. The Bertz CT molecular complexity index is 448. The summed E-state index contributed by atoms with van der Waals surface area (Å²) in [6.45, 7) is 5.90. The highest BCUT2D eigenvalue weighted by atomic mass is 32.1. The Morgan fingerprint density at radius 2 is 1.81 bits per heavy atom. The maximum atomic E-state index is 11.8. The van der Waals surface area contributed by atoms with Crippen LogP contribution < -0.4 is 0 Å². The number of ketones is 1. The molecule has 0 aliphatic heterocycles. The molecule has 0 bridgehead atoms. The molecule has 16 heavy (non-hydrogen) atoms. The van der Waals surface area contributed by atoms with Crippen molar-refractivity contribution in [3.05, 3.63) is 52.0 Å². The minimum absolute atomic E-state index is 0.00468. The molecule has 2 rings (SSSR count). The van der Waals surface area contributed by atoms with Crippen molar-refractivity contribution in [3.8, 4) is 0 Å². The number of hydrogen-bond donors (Lipinski definition) is 0. The van der Waals surface area contributed by atoms with Crippen LogP contribution in [0.5, 0.6) is 0 Å². The molecular formula is C13H15NOS. The molecule has 1 aromatic heterocycles. The number of nitrogens with zero attached hydrogens (tertiary/aromatic N) is 1. The molecule has 0 aliphatic rings. The highest BCUT2D eigenvalue weighted by Gasteiger charge is 2.10. The van der Waals surface area contributed by atoms with Gasteiger partial charge in [-0.2, -0.15) is 0 Å². The molecule has 2 nitrogen and oxygen atoms in total. The maximum absolute atomic E-state index is 11.8. The number of aryl methyl sites for hydroxylation is 1. The van der Waals surface area contributed by atoms with E-state index in [2.05, 4.69) is 4.98 Å². The number of rotatable bonds is 2. The van der Waals surface area contributed by atoms with Crippen molar-refractivity contribution in [2.75, 3.05) is 0 Å². The van der Waals surface area contributed by atoms with Crippen LogP contribution in [0.4, 0.5) is 0 Å². The Kier molecular flexibility index (Phi) is 4.86. The summed E-state index contributed by atoms with van der Waals surface area (Å²) in [7, 11) is 0. The first-order valence-electron chi connectivity index (χ1n) is 5.29. The Morgan fingerprint density at radius 1 is 1.19 bits per heavy atom. The zero-order valence-corrected chi connectivity index (χ0v) is 10.5. The molecule has 0 radical (unpaired) electrons. The van der Waals surface area contributed by atoms with E-state index >= 15 is 0 Å². The smallest absolute Gasteiger partial charge is 0.212 e. The predicted octanol–water partition coefficient (Wildman–Crippen LogP) is 3.71. The summed E-state index contributed by atoms with van der Waals surface area (Å²) in [5.74, 6) is -0.00468. The van der Waals surface area contributed by atoms with Gasteiger partial charge in [0.05, 0.1) is 5.01 Å². The van der Waals surface area contributed by atoms with Crippen LogP contribution in [0.1, 0.15) is 34.9 Å². The van der Waals surface area contributed by atoms with Gasteiger partial charge in [-0.1, -0.05) is 44.2 Å². The molecular weight excluding hydrogens is 218 g/mol. The normalized spacial score (nSPS) is 9.19. The maximum Gasteiger partial charge on any atom is 0.212 e. The zero-order chi connectivity index (χ0) is 12.0. The van der Waals surface area contributed by atoms with Gasteiger partial charge in [-0.25, -0.2) is 4.98 Å². The summed E-state index contributed by atoms with van der Waals surface area (Å²) in [4.78, 5) is 16.0.